The fraction of sp³-hybridized carbons (Fsp3) is 0.184. The van der Waals surface area contributed by atoms with Crippen LogP contribution in [0.15, 0.2) is 127 Å². The van der Waals surface area contributed by atoms with Crippen LogP contribution in [-0.4, -0.2) is 53.5 Å². The van der Waals surface area contributed by atoms with Gasteiger partial charge in [-0.1, -0.05) is 64.5 Å². The van der Waals surface area contributed by atoms with Crippen molar-refractivity contribution in [3.63, 3.8) is 0 Å². The molecule has 4 aromatic carbocycles. The Kier molecular flexibility index (Phi) is 14.8. The highest BCUT2D eigenvalue weighted by Crippen LogP contribution is 2.38. The van der Waals surface area contributed by atoms with E-state index in [4.69, 9.17) is 14.5 Å². The van der Waals surface area contributed by atoms with Gasteiger partial charge in [0, 0.05) is 28.6 Å². The molecule has 7 aromatic rings. The standard InChI is InChI=1S/C24H21N5O2.C22H18N4O2.C3H5Br/c1-4-14-28-21-19(15-25)26-22(17-10-12-18(13-11-17)31-5-2)27-23(21)29(24(28)30)20-9-7-6-8-16(20)3;1-3-28-16-10-8-15(9-11-16)21-24-18(13-23)17-12-20(27)26(22(17)25-21)19-7-5-4-6-14(19)2;1-2-3-4/h4,6-13H,1,5,14H2,2-3H3;4-11H,3,12H2,1-2H3;2H,1,3H2. The highest BCUT2D eigenvalue weighted by atomic mass is 79.9. The first kappa shape index (κ1) is 44.9. The van der Waals surface area contributed by atoms with Crippen molar-refractivity contribution in [1.29, 1.82) is 10.5 Å². The zero-order valence-corrected chi connectivity index (χ0v) is 37.0. The second-order valence-electron chi connectivity index (χ2n) is 13.8. The molecule has 1 aliphatic rings. The molecule has 0 bridgehead atoms. The summed E-state index contributed by atoms with van der Waals surface area (Å²) in [7, 11) is 0. The Morgan fingerprint density at radius 1 is 0.714 bits per heavy atom. The van der Waals surface area contributed by atoms with E-state index in [0.717, 1.165) is 44.8 Å². The van der Waals surface area contributed by atoms with Gasteiger partial charge in [0.1, 0.15) is 40.7 Å². The Morgan fingerprint density at radius 2 is 1.22 bits per heavy atom. The van der Waals surface area contributed by atoms with E-state index in [1.54, 1.807) is 17.1 Å². The second kappa shape index (κ2) is 20.7. The van der Waals surface area contributed by atoms with Gasteiger partial charge in [0.2, 0.25) is 5.91 Å². The number of hydrogen-bond donors (Lipinski definition) is 0. The number of fused-ring (bicyclic) bond motifs is 2. The van der Waals surface area contributed by atoms with Crippen molar-refractivity contribution in [1.82, 2.24) is 29.1 Å². The number of carbonyl (C=O) groups excluding carboxylic acids is 1. The summed E-state index contributed by atoms with van der Waals surface area (Å²) in [6.45, 7) is 16.3. The van der Waals surface area contributed by atoms with E-state index in [1.165, 1.54) is 9.13 Å². The summed E-state index contributed by atoms with van der Waals surface area (Å²) in [6, 6.07) is 34.2. The molecule has 4 heterocycles. The van der Waals surface area contributed by atoms with Crippen LogP contribution in [0.1, 0.15) is 41.9 Å². The van der Waals surface area contributed by atoms with Crippen LogP contribution in [0.25, 0.3) is 39.6 Å². The van der Waals surface area contributed by atoms with Gasteiger partial charge < -0.3 is 9.47 Å². The van der Waals surface area contributed by atoms with Crippen LogP contribution in [-0.2, 0) is 17.8 Å². The number of benzene rings is 4. The molecule has 316 valence electrons. The average molecular weight is 903 g/mol. The number of para-hydroxylation sites is 2. The van der Waals surface area contributed by atoms with Gasteiger partial charge in [0.15, 0.2) is 23.0 Å². The Labute approximate surface area is 374 Å². The maximum Gasteiger partial charge on any atom is 0.335 e. The number of aromatic nitrogens is 6. The first-order valence-corrected chi connectivity index (χ1v) is 21.2. The fourth-order valence-corrected chi connectivity index (χ4v) is 6.88. The first-order valence-electron chi connectivity index (χ1n) is 20.1. The van der Waals surface area contributed by atoms with Crippen molar-refractivity contribution in [3.8, 4) is 52.1 Å². The van der Waals surface area contributed by atoms with E-state index in [0.29, 0.717) is 53.1 Å². The number of alkyl halides is 1. The van der Waals surface area contributed by atoms with Crippen LogP contribution in [0.2, 0.25) is 0 Å². The van der Waals surface area contributed by atoms with Crippen LogP contribution < -0.4 is 20.1 Å². The summed E-state index contributed by atoms with van der Waals surface area (Å²) in [4.78, 5) is 45.9. The molecule has 8 rings (SSSR count). The van der Waals surface area contributed by atoms with Crippen LogP contribution in [0.3, 0.4) is 0 Å². The molecule has 3 aromatic heterocycles. The molecule has 0 unspecified atom stereocenters. The van der Waals surface area contributed by atoms with Crippen LogP contribution in [0, 0.1) is 36.5 Å². The summed E-state index contributed by atoms with van der Waals surface area (Å²) < 4.78 is 14.0. The first-order chi connectivity index (χ1) is 30.6. The van der Waals surface area contributed by atoms with E-state index >= 15 is 0 Å². The number of anilines is 2. The Hall–Kier alpha value is -7.68. The molecule has 0 spiro atoms. The summed E-state index contributed by atoms with van der Waals surface area (Å²) in [5.74, 6) is 2.64. The molecular formula is C49H44BrN9O4. The van der Waals surface area contributed by atoms with E-state index in [1.807, 2.05) is 125 Å². The van der Waals surface area contributed by atoms with Crippen molar-refractivity contribution < 1.29 is 14.3 Å². The van der Waals surface area contributed by atoms with E-state index in [2.05, 4.69) is 56.2 Å². The molecule has 1 aliphatic heterocycles. The van der Waals surface area contributed by atoms with Gasteiger partial charge in [-0.25, -0.2) is 29.3 Å². The molecule has 1 amide bonds. The summed E-state index contributed by atoms with van der Waals surface area (Å²) >= 11 is 3.13. The molecular weight excluding hydrogens is 859 g/mol. The number of ether oxygens (including phenoxy) is 2. The molecule has 0 saturated heterocycles. The largest absolute Gasteiger partial charge is 0.494 e. The minimum atomic E-state index is -0.293. The number of amides is 1. The molecule has 0 atom stereocenters. The van der Waals surface area contributed by atoms with Crippen molar-refractivity contribution in [2.75, 3.05) is 23.4 Å². The van der Waals surface area contributed by atoms with Gasteiger partial charge >= 0.3 is 5.69 Å². The normalized spacial score (nSPS) is 11.3. The smallest absolute Gasteiger partial charge is 0.335 e. The quantitative estimate of drug-likeness (QED) is 0.0902. The number of nitriles is 2. The number of nitrogens with zero attached hydrogens (tertiary/aromatic N) is 9. The lowest BCUT2D eigenvalue weighted by Gasteiger charge is -2.19. The predicted octanol–water partition coefficient (Wildman–Crippen LogP) is 9.52. The molecule has 0 aliphatic carbocycles. The number of allylic oxidation sites excluding steroid dienone is 2. The Balaban J connectivity index is 0.000000194. The number of aryl methyl sites for hydroxylation is 2. The van der Waals surface area contributed by atoms with Gasteiger partial charge in [-0.15, -0.1) is 13.2 Å². The number of halogens is 1. The topological polar surface area (TPSA) is 165 Å². The van der Waals surface area contributed by atoms with Crippen molar-refractivity contribution in [2.45, 2.75) is 40.7 Å². The summed E-state index contributed by atoms with van der Waals surface area (Å²) in [5, 5.41) is 20.3. The third-order valence-corrected chi connectivity index (χ3v) is 10.2. The van der Waals surface area contributed by atoms with Gasteiger partial charge in [0.25, 0.3) is 0 Å². The van der Waals surface area contributed by atoms with Gasteiger partial charge in [-0.05, 0) is 99.5 Å². The maximum absolute atomic E-state index is 13.3. The minimum absolute atomic E-state index is 0.112. The van der Waals surface area contributed by atoms with Gasteiger partial charge in [0.05, 0.1) is 31.0 Å². The predicted molar refractivity (Wildman–Crippen MR) is 249 cm³/mol. The molecule has 14 heteroatoms. The Morgan fingerprint density at radius 3 is 1.71 bits per heavy atom. The van der Waals surface area contributed by atoms with Crippen LogP contribution in [0.4, 0.5) is 11.5 Å². The van der Waals surface area contributed by atoms with Crippen molar-refractivity contribution in [2.24, 2.45) is 0 Å². The third kappa shape index (κ3) is 9.62. The van der Waals surface area contributed by atoms with E-state index in [-0.39, 0.29) is 36.0 Å². The van der Waals surface area contributed by atoms with Gasteiger partial charge in [-0.2, -0.15) is 10.5 Å². The molecule has 0 radical (unpaired) electrons. The van der Waals surface area contributed by atoms with Crippen molar-refractivity contribution in [3.05, 3.63) is 161 Å². The molecule has 0 saturated carbocycles. The van der Waals surface area contributed by atoms with E-state index in [9.17, 15) is 20.1 Å². The maximum atomic E-state index is 13.3. The molecule has 63 heavy (non-hydrogen) atoms. The SMILES string of the molecule is C=CCBr.C=CCn1c(=O)n(-c2ccccc2C)c2nc(-c3ccc(OCC)cc3)nc(C#N)c21.CCOc1ccc(-c2nc(C#N)c3c(n2)N(c2ccccc2C)C(=O)C3)cc1. The minimum Gasteiger partial charge on any atom is -0.494 e. The number of hydrogen-bond acceptors (Lipinski definition) is 10. The van der Waals surface area contributed by atoms with Crippen LogP contribution >= 0.6 is 15.9 Å². The summed E-state index contributed by atoms with van der Waals surface area (Å²) in [6.07, 6.45) is 3.53. The number of imidazole rings is 1. The van der Waals surface area contributed by atoms with Gasteiger partial charge in [-0.3, -0.25) is 14.3 Å². The zero-order valence-electron chi connectivity index (χ0n) is 35.4. The van der Waals surface area contributed by atoms with E-state index < -0.39 is 0 Å². The zero-order chi connectivity index (χ0) is 45.0. The number of rotatable bonds is 11. The lowest BCUT2D eigenvalue weighted by atomic mass is 10.1. The Bertz CT molecular complexity index is 2950. The lowest BCUT2D eigenvalue weighted by molar-refractivity contribution is -0.116. The highest BCUT2D eigenvalue weighted by Gasteiger charge is 2.34. The molecule has 13 nitrogen and oxygen atoms in total. The van der Waals surface area contributed by atoms with Crippen molar-refractivity contribution >= 4 is 44.5 Å². The fourth-order valence-electron chi connectivity index (χ4n) is 6.88. The molecule has 0 fully saturated rings. The van der Waals surface area contributed by atoms with Crippen LogP contribution in [0.5, 0.6) is 11.5 Å². The second-order valence-corrected chi connectivity index (χ2v) is 14.5. The average Bonchev–Trinajstić information content (AvgIpc) is 3.78. The monoisotopic (exact) mass is 901 g/mol. The summed E-state index contributed by atoms with van der Waals surface area (Å²) in [5.41, 5.74) is 6.27. The third-order valence-electron chi connectivity index (χ3n) is 9.74. The molecule has 0 N–H and O–H groups in total. The highest BCUT2D eigenvalue weighted by molar-refractivity contribution is 9.09. The lowest BCUT2D eigenvalue weighted by Crippen LogP contribution is -2.23. The number of carbonyl (C=O) groups is 1.